The summed E-state index contributed by atoms with van der Waals surface area (Å²) in [4.78, 5) is 55.6. The molecule has 4 amide bonds. The Morgan fingerprint density at radius 1 is 0.913 bits per heavy atom. The summed E-state index contributed by atoms with van der Waals surface area (Å²) in [7, 11) is 0. The van der Waals surface area contributed by atoms with Gasteiger partial charge in [0.2, 0.25) is 23.6 Å². The number of carboxylic acid groups (broad SMARTS) is 1. The third-order valence-electron chi connectivity index (χ3n) is 2.76. The van der Waals surface area contributed by atoms with Crippen molar-refractivity contribution in [3.8, 4) is 0 Å². The van der Waals surface area contributed by atoms with Gasteiger partial charge in [0.15, 0.2) is 0 Å². The average Bonchev–Trinajstić information content (AvgIpc) is 2.45. The fourth-order valence-corrected chi connectivity index (χ4v) is 1.55. The van der Waals surface area contributed by atoms with Gasteiger partial charge in [0.05, 0.1) is 6.04 Å². The number of hydrogen-bond donors (Lipinski definition) is 6. The van der Waals surface area contributed by atoms with E-state index in [1.807, 2.05) is 0 Å². The monoisotopic (exact) mass is 331 g/mol. The molecule has 9 N–H and O–H groups in total. The van der Waals surface area contributed by atoms with E-state index in [1.165, 1.54) is 0 Å². The molecule has 11 nitrogen and oxygen atoms in total. The number of carbonyl (C=O) groups excluding carboxylic acids is 4. The van der Waals surface area contributed by atoms with E-state index in [4.69, 9.17) is 22.3 Å². The highest BCUT2D eigenvalue weighted by molar-refractivity contribution is 5.91. The van der Waals surface area contributed by atoms with Gasteiger partial charge in [0, 0.05) is 12.8 Å². The maximum absolute atomic E-state index is 11.9. The second kappa shape index (κ2) is 10.1. The lowest BCUT2D eigenvalue weighted by Gasteiger charge is -2.19. The van der Waals surface area contributed by atoms with Gasteiger partial charge in [-0.1, -0.05) is 0 Å². The zero-order valence-corrected chi connectivity index (χ0v) is 12.4. The van der Waals surface area contributed by atoms with Gasteiger partial charge in [0.25, 0.3) is 0 Å². The molecular weight excluding hydrogens is 310 g/mol. The largest absolute Gasteiger partial charge is 0.480 e. The van der Waals surface area contributed by atoms with E-state index in [0.717, 1.165) is 0 Å². The van der Waals surface area contributed by atoms with Crippen LogP contribution in [0.4, 0.5) is 0 Å². The third-order valence-corrected chi connectivity index (χ3v) is 2.76. The highest BCUT2D eigenvalue weighted by Crippen LogP contribution is 2.00. The molecule has 0 bridgehead atoms. The Bertz CT molecular complexity index is 481. The Kier molecular flexibility index (Phi) is 8.92. The molecule has 0 heterocycles. The predicted octanol–water partition coefficient (Wildman–Crippen LogP) is -3.47. The van der Waals surface area contributed by atoms with Crippen molar-refractivity contribution in [2.45, 2.75) is 37.8 Å². The summed E-state index contributed by atoms with van der Waals surface area (Å²) < 4.78 is 0. The van der Waals surface area contributed by atoms with Crippen LogP contribution in [-0.4, -0.2) is 53.3 Å². The lowest BCUT2D eigenvalue weighted by molar-refractivity contribution is -0.138. The highest BCUT2D eigenvalue weighted by Gasteiger charge is 2.24. The molecule has 0 unspecified atom stereocenters. The number of aliphatic carboxylic acids is 1. The molecule has 0 fully saturated rings. The van der Waals surface area contributed by atoms with Gasteiger partial charge in [-0.3, -0.25) is 24.0 Å². The van der Waals surface area contributed by atoms with E-state index >= 15 is 0 Å². The molecule has 11 heteroatoms. The van der Waals surface area contributed by atoms with E-state index in [0.29, 0.717) is 0 Å². The quantitative estimate of drug-likeness (QED) is 0.225. The minimum Gasteiger partial charge on any atom is -0.480 e. The summed E-state index contributed by atoms with van der Waals surface area (Å²) in [6.07, 6.45) is -0.427. The molecule has 0 aliphatic carbocycles. The SMILES string of the molecule is NC(=O)CC[C@H](NC(=O)[C@@H](N)CCC(N)=O)C(=O)NCC(=O)O. The second-order valence-electron chi connectivity index (χ2n) is 4.79. The number of rotatable bonds is 11. The molecule has 0 aromatic rings. The van der Waals surface area contributed by atoms with Crippen molar-refractivity contribution in [1.82, 2.24) is 10.6 Å². The minimum absolute atomic E-state index is 0.0134. The molecule has 130 valence electrons. The van der Waals surface area contributed by atoms with Crippen LogP contribution in [0.1, 0.15) is 25.7 Å². The van der Waals surface area contributed by atoms with E-state index in [2.05, 4.69) is 10.6 Å². The van der Waals surface area contributed by atoms with E-state index in [-0.39, 0.29) is 25.7 Å². The van der Waals surface area contributed by atoms with Crippen molar-refractivity contribution >= 4 is 29.6 Å². The molecule has 2 atom stereocenters. The van der Waals surface area contributed by atoms with Crippen molar-refractivity contribution in [3.63, 3.8) is 0 Å². The molecular formula is C12H21N5O6. The first-order valence-corrected chi connectivity index (χ1v) is 6.75. The smallest absolute Gasteiger partial charge is 0.322 e. The molecule has 0 aliphatic rings. The molecule has 23 heavy (non-hydrogen) atoms. The summed E-state index contributed by atoms with van der Waals surface area (Å²) in [5, 5.41) is 12.9. The number of carbonyl (C=O) groups is 5. The fourth-order valence-electron chi connectivity index (χ4n) is 1.55. The van der Waals surface area contributed by atoms with Gasteiger partial charge in [-0.2, -0.15) is 0 Å². The van der Waals surface area contributed by atoms with Crippen LogP contribution in [0, 0.1) is 0 Å². The first-order chi connectivity index (χ1) is 10.6. The van der Waals surface area contributed by atoms with Crippen LogP contribution in [-0.2, 0) is 24.0 Å². The Labute approximate surface area is 131 Å². The van der Waals surface area contributed by atoms with Crippen molar-refractivity contribution in [2.24, 2.45) is 17.2 Å². The number of primary amides is 2. The zero-order valence-electron chi connectivity index (χ0n) is 12.4. The maximum Gasteiger partial charge on any atom is 0.322 e. The van der Waals surface area contributed by atoms with Gasteiger partial charge in [-0.25, -0.2) is 0 Å². The van der Waals surface area contributed by atoms with E-state index < -0.39 is 48.2 Å². The first-order valence-electron chi connectivity index (χ1n) is 6.75. The topological polar surface area (TPSA) is 208 Å². The number of carboxylic acids is 1. The average molecular weight is 331 g/mol. The summed E-state index contributed by atoms with van der Waals surface area (Å²) in [5.41, 5.74) is 15.5. The highest BCUT2D eigenvalue weighted by atomic mass is 16.4. The number of nitrogens with one attached hydrogen (secondary N) is 2. The van der Waals surface area contributed by atoms with Gasteiger partial charge >= 0.3 is 5.97 Å². The summed E-state index contributed by atoms with van der Waals surface area (Å²) in [6, 6.07) is -2.25. The predicted molar refractivity (Wildman–Crippen MR) is 77.4 cm³/mol. The Morgan fingerprint density at radius 2 is 1.43 bits per heavy atom. The molecule has 0 rings (SSSR count). The normalized spacial score (nSPS) is 12.7. The van der Waals surface area contributed by atoms with Crippen LogP contribution in [0.25, 0.3) is 0 Å². The van der Waals surface area contributed by atoms with Crippen LogP contribution in [0.2, 0.25) is 0 Å². The van der Waals surface area contributed by atoms with E-state index in [1.54, 1.807) is 0 Å². The van der Waals surface area contributed by atoms with Crippen LogP contribution in [0.15, 0.2) is 0 Å². The molecule has 0 aromatic carbocycles. The van der Waals surface area contributed by atoms with Crippen molar-refractivity contribution in [1.29, 1.82) is 0 Å². The van der Waals surface area contributed by atoms with Crippen molar-refractivity contribution in [2.75, 3.05) is 6.54 Å². The maximum atomic E-state index is 11.9. The standard InChI is InChI=1S/C12H21N5O6/c13-6(1-3-8(14)18)11(22)17-7(2-4-9(15)19)12(23)16-5-10(20)21/h6-7H,1-5,13H2,(H2,14,18)(H2,15,19)(H,16,23)(H,17,22)(H,20,21)/t6-,7-/m0/s1. The molecule has 0 radical (unpaired) electrons. The van der Waals surface area contributed by atoms with Crippen LogP contribution < -0.4 is 27.8 Å². The van der Waals surface area contributed by atoms with Crippen molar-refractivity contribution in [3.05, 3.63) is 0 Å². The van der Waals surface area contributed by atoms with Gasteiger partial charge in [-0.15, -0.1) is 0 Å². The summed E-state index contributed by atoms with van der Waals surface area (Å²) in [6.45, 7) is -0.643. The number of nitrogens with two attached hydrogens (primary N) is 3. The summed E-state index contributed by atoms with van der Waals surface area (Å²) >= 11 is 0. The lowest BCUT2D eigenvalue weighted by Crippen LogP contribution is -2.52. The summed E-state index contributed by atoms with van der Waals surface area (Å²) in [5.74, 6) is -4.10. The van der Waals surface area contributed by atoms with Crippen LogP contribution >= 0.6 is 0 Å². The Balaban J connectivity index is 4.68. The second-order valence-corrected chi connectivity index (χ2v) is 4.79. The molecule has 0 saturated carbocycles. The van der Waals surface area contributed by atoms with E-state index in [9.17, 15) is 24.0 Å². The van der Waals surface area contributed by atoms with Crippen LogP contribution in [0.5, 0.6) is 0 Å². The molecule has 0 spiro atoms. The number of hydrogen-bond acceptors (Lipinski definition) is 6. The third kappa shape index (κ3) is 9.79. The van der Waals surface area contributed by atoms with Gasteiger partial charge in [0.1, 0.15) is 12.6 Å². The molecule has 0 aliphatic heterocycles. The van der Waals surface area contributed by atoms with Crippen molar-refractivity contribution < 1.29 is 29.1 Å². The minimum atomic E-state index is -1.27. The first kappa shape index (κ1) is 20.3. The number of amides is 4. The Morgan fingerprint density at radius 3 is 1.91 bits per heavy atom. The zero-order chi connectivity index (χ0) is 18.0. The van der Waals surface area contributed by atoms with Crippen LogP contribution in [0.3, 0.4) is 0 Å². The van der Waals surface area contributed by atoms with Gasteiger partial charge < -0.3 is 32.9 Å². The molecule has 0 aromatic heterocycles. The lowest BCUT2D eigenvalue weighted by atomic mass is 10.1. The Hall–Kier alpha value is -2.69. The fraction of sp³-hybridized carbons (Fsp3) is 0.583. The molecule has 0 saturated heterocycles. The van der Waals surface area contributed by atoms with Gasteiger partial charge in [-0.05, 0) is 12.8 Å².